The normalized spacial score (nSPS) is 10.3. The van der Waals surface area contributed by atoms with Gasteiger partial charge >= 0.3 is 0 Å². The summed E-state index contributed by atoms with van der Waals surface area (Å²) in [5.41, 5.74) is 0.682. The van der Waals surface area contributed by atoms with Crippen molar-refractivity contribution in [1.29, 1.82) is 0 Å². The Morgan fingerprint density at radius 2 is 1.84 bits per heavy atom. The Labute approximate surface area is 118 Å². The fourth-order valence-electron chi connectivity index (χ4n) is 1.77. The summed E-state index contributed by atoms with van der Waals surface area (Å²) in [6.07, 6.45) is 0. The zero-order valence-corrected chi connectivity index (χ0v) is 12.3. The van der Waals surface area contributed by atoms with E-state index >= 15 is 0 Å². The quantitative estimate of drug-likeness (QED) is 0.802. The number of nitrogens with zero attached hydrogens (tertiary/aromatic N) is 3. The van der Waals surface area contributed by atoms with Gasteiger partial charge in [-0.05, 0) is 28.1 Å². The van der Waals surface area contributed by atoms with Gasteiger partial charge in [-0.15, -0.1) is 5.10 Å². The first-order valence-electron chi connectivity index (χ1n) is 5.41. The van der Waals surface area contributed by atoms with Crippen molar-refractivity contribution in [3.63, 3.8) is 0 Å². The first-order chi connectivity index (χ1) is 9.10. The minimum absolute atomic E-state index is 0.270. The molecule has 0 aliphatic rings. The number of ether oxygens (including phenoxy) is 2. The molecule has 0 bridgehead atoms. The number of hydrogen-bond donors (Lipinski definition) is 0. The summed E-state index contributed by atoms with van der Waals surface area (Å²) < 4.78 is 12.2. The first kappa shape index (κ1) is 13.5. The number of ketones is 1. The molecule has 19 heavy (non-hydrogen) atoms. The molecule has 0 atom stereocenters. The SMILES string of the molecule is COc1cccc(OC)c1C(=O)c1c(Br)nnn1C. The fraction of sp³-hybridized carbons (Fsp3) is 0.250. The Bertz CT molecular complexity index is 583. The van der Waals surface area contributed by atoms with Crippen LogP contribution in [-0.4, -0.2) is 35.0 Å². The van der Waals surface area contributed by atoms with Crippen molar-refractivity contribution in [3.8, 4) is 11.5 Å². The Balaban J connectivity index is 2.61. The molecule has 100 valence electrons. The molecule has 0 unspecified atom stereocenters. The van der Waals surface area contributed by atoms with Crippen LogP contribution < -0.4 is 9.47 Å². The van der Waals surface area contributed by atoms with Crippen LogP contribution >= 0.6 is 15.9 Å². The van der Waals surface area contributed by atoms with Crippen molar-refractivity contribution < 1.29 is 14.3 Å². The van der Waals surface area contributed by atoms with Crippen molar-refractivity contribution in [1.82, 2.24) is 15.0 Å². The molecule has 0 aliphatic carbocycles. The van der Waals surface area contributed by atoms with Gasteiger partial charge in [-0.25, -0.2) is 4.68 Å². The van der Waals surface area contributed by atoms with Crippen LogP contribution in [0.5, 0.6) is 11.5 Å². The number of aromatic nitrogens is 3. The van der Waals surface area contributed by atoms with E-state index in [0.717, 1.165) is 0 Å². The van der Waals surface area contributed by atoms with Crippen LogP contribution in [0.2, 0.25) is 0 Å². The van der Waals surface area contributed by atoms with Gasteiger partial charge in [0.2, 0.25) is 5.78 Å². The van der Waals surface area contributed by atoms with Crippen LogP contribution in [0.4, 0.5) is 0 Å². The summed E-state index contributed by atoms with van der Waals surface area (Å²) in [4.78, 5) is 12.6. The highest BCUT2D eigenvalue weighted by Gasteiger charge is 2.25. The summed E-state index contributed by atoms with van der Waals surface area (Å²) in [5, 5.41) is 7.59. The number of carbonyl (C=O) groups is 1. The lowest BCUT2D eigenvalue weighted by Gasteiger charge is -2.11. The number of methoxy groups -OCH3 is 2. The Morgan fingerprint density at radius 1 is 1.26 bits per heavy atom. The molecule has 1 aromatic heterocycles. The highest BCUT2D eigenvalue weighted by atomic mass is 79.9. The molecule has 1 heterocycles. The zero-order chi connectivity index (χ0) is 14.0. The standard InChI is InChI=1S/C12H12BrN3O3/c1-16-10(12(13)14-15-16)11(17)9-7(18-2)5-4-6-8(9)19-3/h4-6H,1-3H3. The highest BCUT2D eigenvalue weighted by Crippen LogP contribution is 2.31. The van der Waals surface area contributed by atoms with Crippen LogP contribution in [0.3, 0.4) is 0 Å². The average Bonchev–Trinajstić information content (AvgIpc) is 2.76. The van der Waals surface area contributed by atoms with Gasteiger partial charge < -0.3 is 9.47 Å². The van der Waals surface area contributed by atoms with Crippen molar-refractivity contribution >= 4 is 21.7 Å². The summed E-state index contributed by atoms with van der Waals surface area (Å²) >= 11 is 3.21. The minimum atomic E-state index is -0.270. The maximum atomic E-state index is 12.6. The van der Waals surface area contributed by atoms with Gasteiger partial charge in [0.1, 0.15) is 22.8 Å². The van der Waals surface area contributed by atoms with Gasteiger partial charge in [0.05, 0.1) is 14.2 Å². The Morgan fingerprint density at radius 3 is 2.26 bits per heavy atom. The predicted octanol–water partition coefficient (Wildman–Crippen LogP) is 1.83. The van der Waals surface area contributed by atoms with Gasteiger partial charge in [-0.1, -0.05) is 11.3 Å². The molecule has 0 saturated heterocycles. The van der Waals surface area contributed by atoms with Gasteiger partial charge in [0.25, 0.3) is 0 Å². The van der Waals surface area contributed by atoms with Crippen LogP contribution in [0.15, 0.2) is 22.8 Å². The molecule has 0 fully saturated rings. The summed E-state index contributed by atoms with van der Waals surface area (Å²) in [6.45, 7) is 0. The van der Waals surface area contributed by atoms with E-state index in [0.29, 0.717) is 27.4 Å². The van der Waals surface area contributed by atoms with Gasteiger partial charge in [-0.3, -0.25) is 4.79 Å². The lowest BCUT2D eigenvalue weighted by atomic mass is 10.1. The molecular weight excluding hydrogens is 314 g/mol. The predicted molar refractivity (Wildman–Crippen MR) is 71.7 cm³/mol. The maximum Gasteiger partial charge on any atom is 0.221 e. The van der Waals surface area contributed by atoms with E-state index in [1.807, 2.05) is 0 Å². The first-order valence-corrected chi connectivity index (χ1v) is 6.20. The van der Waals surface area contributed by atoms with Gasteiger partial charge in [-0.2, -0.15) is 0 Å². The van der Waals surface area contributed by atoms with Gasteiger partial charge in [0.15, 0.2) is 4.60 Å². The van der Waals surface area contributed by atoms with E-state index in [1.165, 1.54) is 18.9 Å². The topological polar surface area (TPSA) is 66.2 Å². The number of carbonyl (C=O) groups excluding carboxylic acids is 1. The Kier molecular flexibility index (Phi) is 3.84. The number of aryl methyl sites for hydroxylation is 1. The summed E-state index contributed by atoms with van der Waals surface area (Å²) in [7, 11) is 4.65. The lowest BCUT2D eigenvalue weighted by Crippen LogP contribution is -2.11. The Hall–Kier alpha value is -1.89. The van der Waals surface area contributed by atoms with Crippen LogP contribution in [-0.2, 0) is 7.05 Å². The van der Waals surface area contributed by atoms with E-state index in [4.69, 9.17) is 9.47 Å². The minimum Gasteiger partial charge on any atom is -0.496 e. The van der Waals surface area contributed by atoms with Crippen LogP contribution in [0.1, 0.15) is 16.1 Å². The van der Waals surface area contributed by atoms with E-state index < -0.39 is 0 Å². The number of rotatable bonds is 4. The third kappa shape index (κ3) is 2.33. The van der Waals surface area contributed by atoms with Crippen molar-refractivity contribution in [2.75, 3.05) is 14.2 Å². The molecule has 0 radical (unpaired) electrons. The second kappa shape index (κ2) is 5.40. The molecule has 7 heteroatoms. The summed E-state index contributed by atoms with van der Waals surface area (Å²) in [5.74, 6) is 0.614. The smallest absolute Gasteiger partial charge is 0.221 e. The monoisotopic (exact) mass is 325 g/mol. The van der Waals surface area contributed by atoms with E-state index in [9.17, 15) is 4.79 Å². The molecule has 0 aliphatic heterocycles. The summed E-state index contributed by atoms with van der Waals surface area (Å²) in [6, 6.07) is 5.16. The van der Waals surface area contributed by atoms with E-state index in [-0.39, 0.29) is 5.78 Å². The second-order valence-electron chi connectivity index (χ2n) is 3.72. The maximum absolute atomic E-state index is 12.6. The highest BCUT2D eigenvalue weighted by molar-refractivity contribution is 9.10. The fourth-order valence-corrected chi connectivity index (χ4v) is 2.27. The van der Waals surface area contributed by atoms with Crippen LogP contribution in [0, 0.1) is 0 Å². The van der Waals surface area contributed by atoms with Crippen molar-refractivity contribution in [2.24, 2.45) is 7.05 Å². The zero-order valence-electron chi connectivity index (χ0n) is 10.7. The van der Waals surface area contributed by atoms with E-state index in [2.05, 4.69) is 26.2 Å². The van der Waals surface area contributed by atoms with Crippen molar-refractivity contribution in [2.45, 2.75) is 0 Å². The third-order valence-corrected chi connectivity index (χ3v) is 3.19. The second-order valence-corrected chi connectivity index (χ2v) is 4.47. The molecule has 0 saturated carbocycles. The van der Waals surface area contributed by atoms with Gasteiger partial charge in [0, 0.05) is 7.05 Å². The molecule has 0 spiro atoms. The molecular formula is C12H12BrN3O3. The van der Waals surface area contributed by atoms with Crippen LogP contribution in [0.25, 0.3) is 0 Å². The van der Waals surface area contributed by atoms with E-state index in [1.54, 1.807) is 25.2 Å². The molecule has 6 nitrogen and oxygen atoms in total. The molecule has 0 N–H and O–H groups in total. The third-order valence-electron chi connectivity index (χ3n) is 2.66. The number of benzene rings is 1. The average molecular weight is 326 g/mol. The largest absolute Gasteiger partial charge is 0.496 e. The molecule has 2 aromatic rings. The van der Waals surface area contributed by atoms with Crippen molar-refractivity contribution in [3.05, 3.63) is 34.1 Å². The number of halogens is 1. The molecule has 1 aromatic carbocycles. The lowest BCUT2D eigenvalue weighted by molar-refractivity contribution is 0.102. The number of hydrogen-bond acceptors (Lipinski definition) is 5. The molecule has 2 rings (SSSR count). The molecule has 0 amide bonds.